The van der Waals surface area contributed by atoms with Gasteiger partial charge in [-0.2, -0.15) is 5.10 Å². The fourth-order valence-electron chi connectivity index (χ4n) is 3.66. The van der Waals surface area contributed by atoms with Crippen LogP contribution in [0.15, 0.2) is 60.9 Å². The fourth-order valence-corrected chi connectivity index (χ4v) is 3.66. The number of carbonyl (C=O) groups is 1. The molecule has 1 amide bonds. The van der Waals surface area contributed by atoms with E-state index in [1.54, 1.807) is 0 Å². The molecule has 2 heterocycles. The number of nitrogens with zero attached hydrogens (tertiary/aromatic N) is 4. The Morgan fingerprint density at radius 2 is 1.96 bits per heavy atom. The summed E-state index contributed by atoms with van der Waals surface area (Å²) < 4.78 is 0. The predicted molar refractivity (Wildman–Crippen MR) is 106 cm³/mol. The molecule has 0 spiro atoms. The summed E-state index contributed by atoms with van der Waals surface area (Å²) in [6.45, 7) is 2.81. The molecule has 0 aliphatic carbocycles. The van der Waals surface area contributed by atoms with Crippen molar-refractivity contribution in [3.05, 3.63) is 66.5 Å². The Kier molecular flexibility index (Phi) is 4.87. The Morgan fingerprint density at radius 3 is 2.67 bits per heavy atom. The largest absolute Gasteiger partial charge is 0.371 e. The number of rotatable bonds is 5. The average molecular weight is 361 g/mol. The molecule has 4 rings (SSSR count). The average Bonchev–Trinajstić information content (AvgIpc) is 3.40. The second-order valence-corrected chi connectivity index (χ2v) is 7.03. The van der Waals surface area contributed by atoms with E-state index in [1.807, 2.05) is 42.3 Å². The number of carbonyl (C=O) groups excluding carboxylic acids is 1. The lowest BCUT2D eigenvalue weighted by Crippen LogP contribution is -2.33. The molecule has 1 aliphatic rings. The molecular weight excluding hydrogens is 338 g/mol. The highest BCUT2D eigenvalue weighted by atomic mass is 16.2. The van der Waals surface area contributed by atoms with Crippen molar-refractivity contribution in [3.8, 4) is 11.4 Å². The maximum Gasteiger partial charge on any atom is 0.253 e. The Bertz CT molecular complexity index is 877. The molecule has 3 aromatic rings. The minimum atomic E-state index is 0.0530. The molecule has 1 fully saturated rings. The third-order valence-electron chi connectivity index (χ3n) is 5.11. The predicted octanol–water partition coefficient (Wildman–Crippen LogP) is 3.07. The zero-order valence-corrected chi connectivity index (χ0v) is 15.4. The topological polar surface area (TPSA) is 65.1 Å². The summed E-state index contributed by atoms with van der Waals surface area (Å²) in [4.78, 5) is 21.1. The summed E-state index contributed by atoms with van der Waals surface area (Å²) in [5.74, 6) is 1.25. The summed E-state index contributed by atoms with van der Waals surface area (Å²) in [5.41, 5.74) is 2.87. The van der Waals surface area contributed by atoms with E-state index in [9.17, 15) is 4.79 Å². The molecule has 0 saturated carbocycles. The molecule has 1 aliphatic heterocycles. The number of nitrogens with one attached hydrogen (secondary N) is 1. The van der Waals surface area contributed by atoms with Crippen LogP contribution in [0.3, 0.4) is 0 Å². The first-order valence-electron chi connectivity index (χ1n) is 9.22. The monoisotopic (exact) mass is 361 g/mol. The molecular formula is C21H23N5O. The van der Waals surface area contributed by atoms with Gasteiger partial charge >= 0.3 is 0 Å². The minimum Gasteiger partial charge on any atom is -0.371 e. The number of aromatic nitrogens is 3. The molecule has 6 nitrogen and oxygen atoms in total. The van der Waals surface area contributed by atoms with Crippen molar-refractivity contribution in [1.29, 1.82) is 0 Å². The van der Waals surface area contributed by atoms with Crippen molar-refractivity contribution in [2.75, 3.05) is 31.6 Å². The maximum atomic E-state index is 12.8. The number of H-pyrrole nitrogens is 1. The highest BCUT2D eigenvalue weighted by Gasteiger charge is 2.25. The molecule has 6 heteroatoms. The number of hydrogen-bond acceptors (Lipinski definition) is 4. The first-order valence-corrected chi connectivity index (χ1v) is 9.22. The second-order valence-electron chi connectivity index (χ2n) is 7.03. The SMILES string of the molecule is CN(CC1CCN(c2ccccc2)C1)C(=O)c1ccc(-c2ncn[nH]2)cc1. The number of amides is 1. The van der Waals surface area contributed by atoms with E-state index in [4.69, 9.17) is 0 Å². The lowest BCUT2D eigenvalue weighted by Gasteiger charge is -2.23. The highest BCUT2D eigenvalue weighted by Crippen LogP contribution is 2.24. The van der Waals surface area contributed by atoms with E-state index in [0.717, 1.165) is 31.6 Å². The van der Waals surface area contributed by atoms with Gasteiger partial charge in [0.25, 0.3) is 5.91 Å². The van der Waals surface area contributed by atoms with Crippen LogP contribution in [0.1, 0.15) is 16.8 Å². The zero-order valence-electron chi connectivity index (χ0n) is 15.4. The van der Waals surface area contributed by atoms with Gasteiger partial charge in [0.05, 0.1) is 0 Å². The van der Waals surface area contributed by atoms with Crippen molar-refractivity contribution in [2.24, 2.45) is 5.92 Å². The molecule has 2 aromatic carbocycles. The van der Waals surface area contributed by atoms with Gasteiger partial charge in [-0.1, -0.05) is 30.3 Å². The Balaban J connectivity index is 1.35. The molecule has 1 saturated heterocycles. The van der Waals surface area contributed by atoms with Crippen LogP contribution < -0.4 is 4.90 Å². The van der Waals surface area contributed by atoms with E-state index in [-0.39, 0.29) is 5.91 Å². The molecule has 27 heavy (non-hydrogen) atoms. The lowest BCUT2D eigenvalue weighted by atomic mass is 10.1. The third-order valence-corrected chi connectivity index (χ3v) is 5.11. The van der Waals surface area contributed by atoms with Gasteiger partial charge in [0.2, 0.25) is 0 Å². The van der Waals surface area contributed by atoms with Crippen LogP contribution in [0.5, 0.6) is 0 Å². The fraction of sp³-hybridized carbons (Fsp3) is 0.286. The first-order chi connectivity index (χ1) is 13.2. The van der Waals surface area contributed by atoms with Gasteiger partial charge in [-0.05, 0) is 36.6 Å². The van der Waals surface area contributed by atoms with E-state index >= 15 is 0 Å². The number of para-hydroxylation sites is 1. The summed E-state index contributed by atoms with van der Waals surface area (Å²) in [7, 11) is 1.89. The van der Waals surface area contributed by atoms with Crippen LogP contribution in [-0.4, -0.2) is 52.7 Å². The van der Waals surface area contributed by atoms with Gasteiger partial charge in [-0.15, -0.1) is 0 Å². The van der Waals surface area contributed by atoms with Crippen LogP contribution in [0.4, 0.5) is 5.69 Å². The first kappa shape index (κ1) is 17.3. The lowest BCUT2D eigenvalue weighted by molar-refractivity contribution is 0.0776. The Labute approximate surface area is 158 Å². The van der Waals surface area contributed by atoms with Crippen molar-refractivity contribution in [1.82, 2.24) is 20.1 Å². The van der Waals surface area contributed by atoms with Gasteiger partial charge in [0, 0.05) is 43.5 Å². The summed E-state index contributed by atoms with van der Waals surface area (Å²) >= 11 is 0. The standard InChI is InChI=1S/C21H23N5O/c1-25(13-16-11-12-26(14-16)19-5-3-2-4-6-19)21(27)18-9-7-17(8-10-18)20-22-15-23-24-20/h2-10,15-16H,11-14H2,1H3,(H,22,23,24). The molecule has 1 atom stereocenters. The van der Waals surface area contributed by atoms with Gasteiger partial charge in [0.1, 0.15) is 6.33 Å². The maximum absolute atomic E-state index is 12.8. The van der Waals surface area contributed by atoms with Crippen LogP contribution in [-0.2, 0) is 0 Å². The van der Waals surface area contributed by atoms with Crippen LogP contribution in [0.25, 0.3) is 11.4 Å². The molecule has 138 valence electrons. The summed E-state index contributed by atoms with van der Waals surface area (Å²) in [6, 6.07) is 18.0. The van der Waals surface area contributed by atoms with Gasteiger partial charge < -0.3 is 9.80 Å². The summed E-state index contributed by atoms with van der Waals surface area (Å²) in [5, 5.41) is 6.68. The normalized spacial score (nSPS) is 16.5. The van der Waals surface area contributed by atoms with Crippen molar-refractivity contribution in [3.63, 3.8) is 0 Å². The minimum absolute atomic E-state index is 0.0530. The van der Waals surface area contributed by atoms with E-state index in [1.165, 1.54) is 12.0 Å². The molecule has 0 bridgehead atoms. The Hall–Kier alpha value is -3.15. The third kappa shape index (κ3) is 3.84. The van der Waals surface area contributed by atoms with Crippen LogP contribution >= 0.6 is 0 Å². The number of anilines is 1. The highest BCUT2D eigenvalue weighted by molar-refractivity contribution is 5.94. The number of aromatic amines is 1. The van der Waals surface area contributed by atoms with Crippen molar-refractivity contribution in [2.45, 2.75) is 6.42 Å². The molecule has 1 N–H and O–H groups in total. The van der Waals surface area contributed by atoms with Gasteiger partial charge in [0.15, 0.2) is 5.82 Å². The van der Waals surface area contributed by atoms with Crippen molar-refractivity contribution < 1.29 is 4.79 Å². The van der Waals surface area contributed by atoms with Gasteiger partial charge in [-0.25, -0.2) is 4.98 Å². The van der Waals surface area contributed by atoms with E-state index in [0.29, 0.717) is 17.3 Å². The van der Waals surface area contributed by atoms with E-state index in [2.05, 4.69) is 44.3 Å². The second kappa shape index (κ2) is 7.61. The molecule has 1 unspecified atom stereocenters. The van der Waals surface area contributed by atoms with Crippen LogP contribution in [0, 0.1) is 5.92 Å². The Morgan fingerprint density at radius 1 is 1.19 bits per heavy atom. The molecule has 1 aromatic heterocycles. The quantitative estimate of drug-likeness (QED) is 0.758. The van der Waals surface area contributed by atoms with Gasteiger partial charge in [-0.3, -0.25) is 9.89 Å². The number of benzene rings is 2. The number of hydrogen-bond donors (Lipinski definition) is 1. The van der Waals surface area contributed by atoms with E-state index < -0.39 is 0 Å². The van der Waals surface area contributed by atoms with Crippen molar-refractivity contribution >= 4 is 11.6 Å². The summed E-state index contributed by atoms with van der Waals surface area (Å²) in [6.07, 6.45) is 2.58. The zero-order chi connectivity index (χ0) is 18.6. The van der Waals surface area contributed by atoms with Crippen LogP contribution in [0.2, 0.25) is 0 Å². The smallest absolute Gasteiger partial charge is 0.253 e. The molecule has 0 radical (unpaired) electrons.